The third-order valence-electron chi connectivity index (χ3n) is 2.60. The number of carbonyl (C=O) groups is 1. The first-order chi connectivity index (χ1) is 7.39. The molecule has 0 atom stereocenters. The van der Waals surface area contributed by atoms with Gasteiger partial charge in [0.2, 0.25) is 0 Å². The number of likely N-dealkylation sites (tertiary alicyclic amines) is 1. The summed E-state index contributed by atoms with van der Waals surface area (Å²) in [5.41, 5.74) is 5.55. The SMILES string of the molecule is CC1(N)CN(C(=O)c2cc(O)ccc2O)C1. The maximum atomic E-state index is 11.9. The largest absolute Gasteiger partial charge is 0.508 e. The van der Waals surface area contributed by atoms with E-state index in [1.165, 1.54) is 23.1 Å². The van der Waals surface area contributed by atoms with E-state index in [2.05, 4.69) is 0 Å². The first-order valence-corrected chi connectivity index (χ1v) is 4.99. The van der Waals surface area contributed by atoms with Gasteiger partial charge >= 0.3 is 0 Å². The van der Waals surface area contributed by atoms with Crippen LogP contribution < -0.4 is 5.73 Å². The molecule has 5 heteroatoms. The average molecular weight is 222 g/mol. The number of amides is 1. The summed E-state index contributed by atoms with van der Waals surface area (Å²) in [5.74, 6) is -0.484. The summed E-state index contributed by atoms with van der Waals surface area (Å²) < 4.78 is 0. The van der Waals surface area contributed by atoms with Crippen LogP contribution in [-0.4, -0.2) is 39.6 Å². The zero-order chi connectivity index (χ0) is 11.9. The predicted octanol–water partition coefficient (Wildman–Crippen LogP) is 0.271. The zero-order valence-corrected chi connectivity index (χ0v) is 8.97. The molecular formula is C11H14N2O3. The van der Waals surface area contributed by atoms with E-state index >= 15 is 0 Å². The Kier molecular flexibility index (Phi) is 2.27. The molecule has 1 aliphatic rings. The minimum atomic E-state index is -0.345. The maximum Gasteiger partial charge on any atom is 0.257 e. The Labute approximate surface area is 93.1 Å². The lowest BCUT2D eigenvalue weighted by Gasteiger charge is -2.45. The third kappa shape index (κ3) is 1.81. The lowest BCUT2D eigenvalue weighted by Crippen LogP contribution is -2.66. The quantitative estimate of drug-likeness (QED) is 0.595. The van der Waals surface area contributed by atoms with Gasteiger partial charge < -0.3 is 20.8 Å². The van der Waals surface area contributed by atoms with Crippen molar-refractivity contribution in [1.82, 2.24) is 4.90 Å². The summed E-state index contributed by atoms with van der Waals surface area (Å²) in [6, 6.07) is 3.88. The molecule has 2 rings (SSSR count). The molecular weight excluding hydrogens is 208 g/mol. The number of hydrogen-bond acceptors (Lipinski definition) is 4. The van der Waals surface area contributed by atoms with E-state index in [1.807, 2.05) is 6.92 Å². The second kappa shape index (κ2) is 3.38. The summed E-state index contributed by atoms with van der Waals surface area (Å²) in [6.07, 6.45) is 0. The van der Waals surface area contributed by atoms with Crippen LogP contribution in [0.4, 0.5) is 0 Å². The molecule has 0 unspecified atom stereocenters. The van der Waals surface area contributed by atoms with Crippen molar-refractivity contribution < 1.29 is 15.0 Å². The number of carbonyl (C=O) groups excluding carboxylic acids is 1. The van der Waals surface area contributed by atoms with E-state index in [-0.39, 0.29) is 28.5 Å². The van der Waals surface area contributed by atoms with Crippen LogP contribution in [0.3, 0.4) is 0 Å². The van der Waals surface area contributed by atoms with Gasteiger partial charge in [-0.25, -0.2) is 0 Å². The fourth-order valence-electron chi connectivity index (χ4n) is 1.83. The fraction of sp³-hybridized carbons (Fsp3) is 0.364. The van der Waals surface area contributed by atoms with Crippen molar-refractivity contribution in [3.63, 3.8) is 0 Å². The molecule has 86 valence electrons. The molecule has 0 saturated carbocycles. The molecule has 0 spiro atoms. The molecule has 16 heavy (non-hydrogen) atoms. The van der Waals surface area contributed by atoms with Gasteiger partial charge in [0.05, 0.1) is 5.56 Å². The first kappa shape index (κ1) is 10.8. The number of hydrogen-bond donors (Lipinski definition) is 3. The van der Waals surface area contributed by atoms with Crippen molar-refractivity contribution >= 4 is 5.91 Å². The number of rotatable bonds is 1. The third-order valence-corrected chi connectivity index (χ3v) is 2.60. The molecule has 1 saturated heterocycles. The molecule has 1 aromatic carbocycles. The number of nitrogens with zero attached hydrogens (tertiary/aromatic N) is 1. The van der Waals surface area contributed by atoms with Gasteiger partial charge in [0, 0.05) is 18.6 Å². The lowest BCUT2D eigenvalue weighted by molar-refractivity contribution is 0.0450. The van der Waals surface area contributed by atoms with E-state index in [9.17, 15) is 15.0 Å². The van der Waals surface area contributed by atoms with Crippen molar-refractivity contribution in [2.24, 2.45) is 5.73 Å². The highest BCUT2D eigenvalue weighted by Gasteiger charge is 2.38. The Balaban J connectivity index is 2.19. The van der Waals surface area contributed by atoms with E-state index in [4.69, 9.17) is 5.73 Å². The van der Waals surface area contributed by atoms with Gasteiger partial charge in [-0.3, -0.25) is 4.79 Å². The Bertz CT molecular complexity index is 435. The van der Waals surface area contributed by atoms with Gasteiger partial charge in [0.25, 0.3) is 5.91 Å². The Morgan fingerprint density at radius 1 is 1.44 bits per heavy atom. The van der Waals surface area contributed by atoms with Crippen LogP contribution in [0.25, 0.3) is 0 Å². The minimum absolute atomic E-state index is 0.0443. The van der Waals surface area contributed by atoms with Crippen molar-refractivity contribution in [2.45, 2.75) is 12.5 Å². The summed E-state index contributed by atoms with van der Waals surface area (Å²) in [6.45, 7) is 2.78. The second-order valence-electron chi connectivity index (χ2n) is 4.52. The van der Waals surface area contributed by atoms with Gasteiger partial charge in [-0.1, -0.05) is 0 Å². The van der Waals surface area contributed by atoms with Crippen LogP contribution in [0.2, 0.25) is 0 Å². The summed E-state index contributed by atoms with van der Waals surface area (Å²) in [7, 11) is 0. The number of benzene rings is 1. The summed E-state index contributed by atoms with van der Waals surface area (Å²) >= 11 is 0. The lowest BCUT2D eigenvalue weighted by atomic mass is 9.93. The molecule has 0 bridgehead atoms. The molecule has 1 heterocycles. The predicted molar refractivity (Wildman–Crippen MR) is 58.3 cm³/mol. The molecule has 5 nitrogen and oxygen atoms in total. The molecule has 1 fully saturated rings. The molecule has 0 aromatic heterocycles. The molecule has 0 radical (unpaired) electrons. The molecule has 1 amide bonds. The van der Waals surface area contributed by atoms with Crippen molar-refractivity contribution in [3.05, 3.63) is 23.8 Å². The van der Waals surface area contributed by atoms with Gasteiger partial charge in [-0.15, -0.1) is 0 Å². The second-order valence-corrected chi connectivity index (χ2v) is 4.52. The minimum Gasteiger partial charge on any atom is -0.508 e. The van der Waals surface area contributed by atoms with Crippen LogP contribution in [0.5, 0.6) is 11.5 Å². The average Bonchev–Trinajstić information content (AvgIpc) is 2.17. The topological polar surface area (TPSA) is 86.8 Å². The van der Waals surface area contributed by atoms with E-state index in [0.717, 1.165) is 0 Å². The standard InChI is InChI=1S/C11H14N2O3/c1-11(12)5-13(6-11)10(16)8-4-7(14)2-3-9(8)15/h2-4,14-15H,5-6,12H2,1H3. The zero-order valence-electron chi connectivity index (χ0n) is 8.97. The maximum absolute atomic E-state index is 11.9. The first-order valence-electron chi connectivity index (χ1n) is 4.99. The molecule has 1 aliphatic heterocycles. The van der Waals surface area contributed by atoms with Crippen molar-refractivity contribution in [1.29, 1.82) is 0 Å². The van der Waals surface area contributed by atoms with Gasteiger partial charge in [0.15, 0.2) is 0 Å². The number of phenols is 2. The van der Waals surface area contributed by atoms with E-state index in [0.29, 0.717) is 13.1 Å². The Hall–Kier alpha value is -1.75. The van der Waals surface area contributed by atoms with Gasteiger partial charge in [-0.2, -0.15) is 0 Å². The van der Waals surface area contributed by atoms with E-state index in [1.54, 1.807) is 0 Å². The van der Waals surface area contributed by atoms with Crippen LogP contribution in [-0.2, 0) is 0 Å². The van der Waals surface area contributed by atoms with Crippen LogP contribution in [0.15, 0.2) is 18.2 Å². The van der Waals surface area contributed by atoms with E-state index < -0.39 is 0 Å². The van der Waals surface area contributed by atoms with Crippen molar-refractivity contribution in [3.8, 4) is 11.5 Å². The van der Waals surface area contributed by atoms with Gasteiger partial charge in [0.1, 0.15) is 11.5 Å². The summed E-state index contributed by atoms with van der Waals surface area (Å²) in [4.78, 5) is 13.4. The highest BCUT2D eigenvalue weighted by atomic mass is 16.3. The number of phenolic OH excluding ortho intramolecular Hbond substituents is 2. The Morgan fingerprint density at radius 3 is 2.62 bits per heavy atom. The smallest absolute Gasteiger partial charge is 0.257 e. The normalized spacial score (nSPS) is 18.0. The van der Waals surface area contributed by atoms with Gasteiger partial charge in [-0.05, 0) is 25.1 Å². The fourth-order valence-corrected chi connectivity index (χ4v) is 1.83. The molecule has 1 aromatic rings. The molecule has 4 N–H and O–H groups in total. The van der Waals surface area contributed by atoms with Crippen molar-refractivity contribution in [2.75, 3.05) is 13.1 Å². The molecule has 0 aliphatic carbocycles. The number of nitrogens with two attached hydrogens (primary N) is 1. The monoisotopic (exact) mass is 222 g/mol. The highest BCUT2D eigenvalue weighted by Crippen LogP contribution is 2.27. The van der Waals surface area contributed by atoms with Crippen LogP contribution >= 0.6 is 0 Å². The summed E-state index contributed by atoms with van der Waals surface area (Å²) in [5, 5.41) is 18.8. The van der Waals surface area contributed by atoms with Crippen LogP contribution in [0.1, 0.15) is 17.3 Å². The Morgan fingerprint density at radius 2 is 2.06 bits per heavy atom. The number of aromatic hydroxyl groups is 2. The highest BCUT2D eigenvalue weighted by molar-refractivity contribution is 5.97. The van der Waals surface area contributed by atoms with Crippen LogP contribution in [0, 0.1) is 0 Å².